The first kappa shape index (κ1) is 12.1. The summed E-state index contributed by atoms with van der Waals surface area (Å²) in [6, 6.07) is 1.54. The number of hydrogen-bond donors (Lipinski definition) is 1. The largest absolute Gasteiger partial charge is 0.314 e. The molecule has 86 valence electrons. The molecule has 1 N–H and O–H groups in total. The number of anilines is 1. The molecule has 1 heterocycles. The molecule has 0 aliphatic carbocycles. The van der Waals surface area contributed by atoms with E-state index >= 15 is 0 Å². The highest BCUT2D eigenvalue weighted by atomic mass is 16.6. The molecule has 1 amide bonds. The minimum Gasteiger partial charge on any atom is -0.305 e. The summed E-state index contributed by atoms with van der Waals surface area (Å²) in [5.41, 5.74) is 0.332. The van der Waals surface area contributed by atoms with Crippen LogP contribution in [0.4, 0.5) is 11.5 Å². The van der Waals surface area contributed by atoms with Crippen LogP contribution in [-0.4, -0.2) is 15.8 Å². The topological polar surface area (TPSA) is 85.1 Å². The number of rotatable bonds is 4. The van der Waals surface area contributed by atoms with Crippen LogP contribution in [-0.2, 0) is 4.79 Å². The van der Waals surface area contributed by atoms with Crippen molar-refractivity contribution in [3.05, 3.63) is 27.9 Å². The Morgan fingerprint density at radius 1 is 1.62 bits per heavy atom. The highest BCUT2D eigenvalue weighted by molar-refractivity contribution is 5.92. The van der Waals surface area contributed by atoms with Crippen LogP contribution in [0.3, 0.4) is 0 Å². The molecule has 0 saturated heterocycles. The number of carbonyl (C=O) groups is 1. The highest BCUT2D eigenvalue weighted by Gasteiger charge is 2.19. The third-order valence-corrected chi connectivity index (χ3v) is 2.04. The number of aromatic nitrogens is 1. The van der Waals surface area contributed by atoms with Gasteiger partial charge in [0.1, 0.15) is 0 Å². The quantitative estimate of drug-likeness (QED) is 0.625. The molecule has 16 heavy (non-hydrogen) atoms. The van der Waals surface area contributed by atoms with Gasteiger partial charge >= 0.3 is 5.69 Å². The number of hydrogen-bond acceptors (Lipinski definition) is 4. The normalized spacial score (nSPS) is 9.88. The van der Waals surface area contributed by atoms with E-state index in [1.165, 1.54) is 12.3 Å². The van der Waals surface area contributed by atoms with Crippen molar-refractivity contribution in [3.8, 4) is 0 Å². The Balaban J connectivity index is 3.00. The number of nitrogens with zero attached hydrogens (tertiary/aromatic N) is 2. The zero-order valence-electron chi connectivity index (χ0n) is 9.19. The molecule has 1 aromatic heterocycles. The van der Waals surface area contributed by atoms with Crippen molar-refractivity contribution in [3.63, 3.8) is 0 Å². The van der Waals surface area contributed by atoms with E-state index < -0.39 is 4.92 Å². The molecule has 0 fully saturated rings. The molecule has 0 aromatic carbocycles. The first-order chi connectivity index (χ1) is 7.56. The van der Waals surface area contributed by atoms with Crippen LogP contribution in [0, 0.1) is 17.0 Å². The van der Waals surface area contributed by atoms with Crippen LogP contribution in [0.1, 0.15) is 25.3 Å². The van der Waals surface area contributed by atoms with Gasteiger partial charge in [0, 0.05) is 18.2 Å². The number of amides is 1. The third kappa shape index (κ3) is 2.75. The van der Waals surface area contributed by atoms with E-state index in [0.29, 0.717) is 18.4 Å². The molecular weight excluding hydrogens is 210 g/mol. The maximum absolute atomic E-state index is 11.3. The van der Waals surface area contributed by atoms with E-state index in [2.05, 4.69) is 10.3 Å². The maximum Gasteiger partial charge on any atom is 0.314 e. The third-order valence-electron chi connectivity index (χ3n) is 2.04. The number of aryl methyl sites for hydroxylation is 1. The Morgan fingerprint density at radius 2 is 2.31 bits per heavy atom. The molecular formula is C10H13N3O3. The molecule has 0 bridgehead atoms. The molecule has 0 radical (unpaired) electrons. The smallest absolute Gasteiger partial charge is 0.305 e. The summed E-state index contributed by atoms with van der Waals surface area (Å²) in [4.78, 5) is 25.4. The van der Waals surface area contributed by atoms with Crippen molar-refractivity contribution in [2.45, 2.75) is 26.7 Å². The number of pyridine rings is 1. The molecule has 6 nitrogen and oxygen atoms in total. The Morgan fingerprint density at radius 3 is 2.88 bits per heavy atom. The van der Waals surface area contributed by atoms with Gasteiger partial charge in [0.25, 0.3) is 0 Å². The van der Waals surface area contributed by atoms with E-state index in [4.69, 9.17) is 0 Å². The van der Waals surface area contributed by atoms with E-state index in [1.54, 1.807) is 6.92 Å². The summed E-state index contributed by atoms with van der Waals surface area (Å²) in [6.45, 7) is 3.47. The van der Waals surface area contributed by atoms with Gasteiger partial charge in [-0.1, -0.05) is 6.92 Å². The second-order valence-corrected chi connectivity index (χ2v) is 3.38. The minimum atomic E-state index is -0.538. The molecule has 0 unspecified atom stereocenters. The summed E-state index contributed by atoms with van der Waals surface area (Å²) >= 11 is 0. The molecule has 0 spiro atoms. The van der Waals surface area contributed by atoms with Gasteiger partial charge in [-0.25, -0.2) is 4.98 Å². The lowest BCUT2D eigenvalue weighted by atomic mass is 10.2. The van der Waals surface area contributed by atoms with Gasteiger partial charge < -0.3 is 5.32 Å². The van der Waals surface area contributed by atoms with E-state index in [-0.39, 0.29) is 17.4 Å². The summed E-state index contributed by atoms with van der Waals surface area (Å²) < 4.78 is 0. The van der Waals surface area contributed by atoms with Crippen LogP contribution >= 0.6 is 0 Å². The predicted octanol–water partition coefficient (Wildman–Crippen LogP) is 2.04. The summed E-state index contributed by atoms with van der Waals surface area (Å²) in [5, 5.41) is 13.2. The highest BCUT2D eigenvalue weighted by Crippen LogP contribution is 2.25. The zero-order valence-corrected chi connectivity index (χ0v) is 9.19. The average Bonchev–Trinajstić information content (AvgIpc) is 2.17. The summed E-state index contributed by atoms with van der Waals surface area (Å²) in [7, 11) is 0. The van der Waals surface area contributed by atoms with Crippen molar-refractivity contribution in [1.82, 2.24) is 4.98 Å². The van der Waals surface area contributed by atoms with Crippen LogP contribution in [0.25, 0.3) is 0 Å². The average molecular weight is 223 g/mol. The summed E-state index contributed by atoms with van der Waals surface area (Å²) in [6.07, 6.45) is 2.45. The van der Waals surface area contributed by atoms with Crippen molar-refractivity contribution < 1.29 is 9.72 Å². The van der Waals surface area contributed by atoms with Gasteiger partial charge in [-0.15, -0.1) is 0 Å². The second kappa shape index (κ2) is 5.20. The second-order valence-electron chi connectivity index (χ2n) is 3.38. The predicted molar refractivity (Wildman–Crippen MR) is 59.2 cm³/mol. The standard InChI is InChI=1S/C10H13N3O3/c1-3-4-8(14)12-10-9(13(15)16)7(2)5-6-11-10/h5-6H,3-4H2,1-2H3,(H,11,12,14). The van der Waals surface area contributed by atoms with Crippen molar-refractivity contribution in [1.29, 1.82) is 0 Å². The van der Waals surface area contributed by atoms with Crippen LogP contribution < -0.4 is 5.32 Å². The Labute approximate surface area is 92.8 Å². The SMILES string of the molecule is CCCC(=O)Nc1nccc(C)c1[N+](=O)[O-]. The van der Waals surface area contributed by atoms with Crippen LogP contribution in [0.5, 0.6) is 0 Å². The van der Waals surface area contributed by atoms with Gasteiger partial charge in [0.05, 0.1) is 4.92 Å². The van der Waals surface area contributed by atoms with Crippen molar-refractivity contribution in [2.75, 3.05) is 5.32 Å². The monoisotopic (exact) mass is 223 g/mol. The van der Waals surface area contributed by atoms with E-state index in [9.17, 15) is 14.9 Å². The Hall–Kier alpha value is -1.98. The number of nitrogens with one attached hydrogen (secondary N) is 1. The first-order valence-electron chi connectivity index (χ1n) is 4.96. The van der Waals surface area contributed by atoms with Gasteiger partial charge in [-0.2, -0.15) is 0 Å². The Kier molecular flexibility index (Phi) is 3.93. The van der Waals surface area contributed by atoms with Gasteiger partial charge in [0.15, 0.2) is 0 Å². The number of carbonyl (C=O) groups excluding carboxylic acids is 1. The lowest BCUT2D eigenvalue weighted by Gasteiger charge is -2.05. The fourth-order valence-electron chi connectivity index (χ4n) is 1.29. The molecule has 6 heteroatoms. The lowest BCUT2D eigenvalue weighted by molar-refractivity contribution is -0.384. The lowest BCUT2D eigenvalue weighted by Crippen LogP contribution is -2.13. The first-order valence-corrected chi connectivity index (χ1v) is 4.96. The van der Waals surface area contributed by atoms with Crippen LogP contribution in [0.2, 0.25) is 0 Å². The zero-order chi connectivity index (χ0) is 12.1. The minimum absolute atomic E-state index is 0.0171. The fraction of sp³-hybridized carbons (Fsp3) is 0.400. The van der Waals surface area contributed by atoms with Gasteiger partial charge in [0.2, 0.25) is 11.7 Å². The van der Waals surface area contributed by atoms with E-state index in [0.717, 1.165) is 0 Å². The van der Waals surface area contributed by atoms with Gasteiger partial charge in [-0.3, -0.25) is 14.9 Å². The van der Waals surface area contributed by atoms with Crippen LogP contribution in [0.15, 0.2) is 12.3 Å². The van der Waals surface area contributed by atoms with E-state index in [1.807, 2.05) is 6.92 Å². The number of nitro groups is 1. The fourth-order valence-corrected chi connectivity index (χ4v) is 1.29. The molecule has 0 aliphatic heterocycles. The van der Waals surface area contributed by atoms with Gasteiger partial charge in [-0.05, 0) is 19.4 Å². The molecule has 0 aliphatic rings. The molecule has 1 aromatic rings. The molecule has 0 saturated carbocycles. The maximum atomic E-state index is 11.3. The van der Waals surface area contributed by atoms with Crippen molar-refractivity contribution in [2.24, 2.45) is 0 Å². The van der Waals surface area contributed by atoms with Crippen molar-refractivity contribution >= 4 is 17.4 Å². The molecule has 1 rings (SSSR count). The Bertz CT molecular complexity index is 418. The molecule has 0 atom stereocenters. The summed E-state index contributed by atoms with van der Waals surface area (Å²) in [5.74, 6) is -0.243.